The first-order valence-electron chi connectivity index (χ1n) is 9.49. The molecule has 4 bridgehead atoms. The van der Waals surface area contributed by atoms with E-state index in [4.69, 9.17) is 0 Å². The molecule has 1 aliphatic carbocycles. The van der Waals surface area contributed by atoms with Gasteiger partial charge in [-0.25, -0.2) is 0 Å². The first-order chi connectivity index (χ1) is 11.2. The van der Waals surface area contributed by atoms with Crippen molar-refractivity contribution in [1.29, 1.82) is 0 Å². The molecule has 23 heavy (non-hydrogen) atoms. The Morgan fingerprint density at radius 2 is 2.09 bits per heavy atom. The van der Waals surface area contributed by atoms with Crippen LogP contribution in [0.15, 0.2) is 18.2 Å². The Morgan fingerprint density at radius 3 is 2.91 bits per heavy atom. The third-order valence-corrected chi connectivity index (χ3v) is 7.07. The molecule has 1 saturated carbocycles. The molecule has 2 aromatic rings. The molecular formula is C21H28N2. The van der Waals surface area contributed by atoms with Gasteiger partial charge < -0.3 is 4.57 Å². The first-order valence-corrected chi connectivity index (χ1v) is 9.49. The van der Waals surface area contributed by atoms with Crippen molar-refractivity contribution < 1.29 is 0 Å². The Bertz CT molecular complexity index is 772. The molecule has 0 spiro atoms. The van der Waals surface area contributed by atoms with Crippen LogP contribution in [0.3, 0.4) is 0 Å². The van der Waals surface area contributed by atoms with E-state index in [1.807, 2.05) is 0 Å². The van der Waals surface area contributed by atoms with E-state index in [0.717, 1.165) is 23.8 Å². The van der Waals surface area contributed by atoms with Crippen LogP contribution in [0.5, 0.6) is 0 Å². The zero-order valence-electron chi connectivity index (χ0n) is 14.7. The maximum Gasteiger partial charge on any atom is 0.0483 e. The Labute approximate surface area is 139 Å². The van der Waals surface area contributed by atoms with E-state index in [1.54, 1.807) is 11.3 Å². The summed E-state index contributed by atoms with van der Waals surface area (Å²) < 4.78 is 2.55. The predicted octanol–water partition coefficient (Wildman–Crippen LogP) is 4.25. The van der Waals surface area contributed by atoms with Crippen LogP contribution in [-0.2, 0) is 13.5 Å². The lowest BCUT2D eigenvalue weighted by Gasteiger charge is -2.53. The van der Waals surface area contributed by atoms with Crippen LogP contribution < -0.4 is 0 Å². The Kier molecular flexibility index (Phi) is 2.98. The van der Waals surface area contributed by atoms with Crippen LogP contribution in [-0.4, -0.2) is 28.6 Å². The molecule has 2 nitrogen and oxygen atoms in total. The summed E-state index contributed by atoms with van der Waals surface area (Å²) in [5.74, 6) is 2.61. The van der Waals surface area contributed by atoms with E-state index >= 15 is 0 Å². The fourth-order valence-electron chi connectivity index (χ4n) is 6.21. The van der Waals surface area contributed by atoms with E-state index in [1.165, 1.54) is 55.2 Å². The number of piperidine rings is 2. The molecule has 1 aromatic heterocycles. The second-order valence-electron chi connectivity index (χ2n) is 8.29. The highest BCUT2D eigenvalue weighted by Crippen LogP contribution is 2.51. The van der Waals surface area contributed by atoms with Gasteiger partial charge in [-0.05, 0) is 55.7 Å². The normalized spacial score (nSPS) is 35.3. The summed E-state index contributed by atoms with van der Waals surface area (Å²) in [6.07, 6.45) is 5.50. The van der Waals surface area contributed by atoms with Crippen molar-refractivity contribution in [1.82, 2.24) is 9.47 Å². The number of aryl methyl sites for hydroxylation is 2. The van der Waals surface area contributed by atoms with Crippen LogP contribution in [0.4, 0.5) is 0 Å². The van der Waals surface area contributed by atoms with E-state index in [2.05, 4.69) is 48.6 Å². The van der Waals surface area contributed by atoms with Gasteiger partial charge in [0, 0.05) is 48.7 Å². The molecular weight excluding hydrogens is 280 g/mol. The van der Waals surface area contributed by atoms with Gasteiger partial charge in [0.2, 0.25) is 0 Å². The van der Waals surface area contributed by atoms with Gasteiger partial charge in [-0.3, -0.25) is 4.90 Å². The van der Waals surface area contributed by atoms with Crippen LogP contribution in [0.1, 0.15) is 48.9 Å². The van der Waals surface area contributed by atoms with Gasteiger partial charge in [0.1, 0.15) is 0 Å². The highest BCUT2D eigenvalue weighted by atomic mass is 15.2. The Balaban J connectivity index is 1.74. The largest absolute Gasteiger partial charge is 0.347 e. The fraction of sp³-hybridized carbons (Fsp3) is 0.619. The molecule has 5 atom stereocenters. The summed E-state index contributed by atoms with van der Waals surface area (Å²) in [7, 11) is 2.31. The zero-order chi connectivity index (χ0) is 15.7. The number of benzene rings is 1. The Morgan fingerprint density at radius 1 is 1.22 bits per heavy atom. The molecule has 0 radical (unpaired) electrons. The average molecular weight is 308 g/mol. The van der Waals surface area contributed by atoms with E-state index in [-0.39, 0.29) is 0 Å². The molecule has 0 N–H and O–H groups in total. The van der Waals surface area contributed by atoms with Crippen LogP contribution in [0.25, 0.3) is 10.9 Å². The lowest BCUT2D eigenvalue weighted by Crippen LogP contribution is -2.56. The highest BCUT2D eigenvalue weighted by molar-refractivity contribution is 5.86. The van der Waals surface area contributed by atoms with Gasteiger partial charge in [0.25, 0.3) is 0 Å². The number of hydrogen-bond acceptors (Lipinski definition) is 1. The number of nitrogens with zero attached hydrogens (tertiary/aromatic N) is 2. The summed E-state index contributed by atoms with van der Waals surface area (Å²) in [5, 5.41) is 1.53. The lowest BCUT2D eigenvalue weighted by atomic mass is 9.65. The smallest absolute Gasteiger partial charge is 0.0483 e. The second kappa shape index (κ2) is 4.86. The molecule has 4 heterocycles. The molecule has 4 aliphatic rings. The van der Waals surface area contributed by atoms with Gasteiger partial charge in [-0.1, -0.05) is 25.0 Å². The van der Waals surface area contributed by atoms with Crippen molar-refractivity contribution in [3.05, 3.63) is 35.0 Å². The lowest BCUT2D eigenvalue weighted by molar-refractivity contribution is -0.0140. The van der Waals surface area contributed by atoms with Crippen molar-refractivity contribution in [3.8, 4) is 0 Å². The van der Waals surface area contributed by atoms with Crippen molar-refractivity contribution in [3.63, 3.8) is 0 Å². The topological polar surface area (TPSA) is 8.17 Å². The maximum atomic E-state index is 2.86. The van der Waals surface area contributed by atoms with Crippen LogP contribution in [0, 0.1) is 18.8 Å². The van der Waals surface area contributed by atoms with Gasteiger partial charge in [0.15, 0.2) is 0 Å². The molecule has 3 fully saturated rings. The Hall–Kier alpha value is -1.28. The number of aromatic nitrogens is 1. The molecule has 2 saturated heterocycles. The highest BCUT2D eigenvalue weighted by Gasteiger charge is 2.49. The predicted molar refractivity (Wildman–Crippen MR) is 96.0 cm³/mol. The van der Waals surface area contributed by atoms with Gasteiger partial charge in [-0.2, -0.15) is 0 Å². The van der Waals surface area contributed by atoms with E-state index in [0.29, 0.717) is 0 Å². The number of rotatable bonds is 1. The number of hydrogen-bond donors (Lipinski definition) is 0. The van der Waals surface area contributed by atoms with Gasteiger partial charge in [-0.15, -0.1) is 0 Å². The third kappa shape index (κ3) is 1.85. The van der Waals surface area contributed by atoms with E-state index < -0.39 is 0 Å². The van der Waals surface area contributed by atoms with Gasteiger partial charge >= 0.3 is 0 Å². The van der Waals surface area contributed by atoms with E-state index in [9.17, 15) is 0 Å². The monoisotopic (exact) mass is 308 g/mol. The first kappa shape index (κ1) is 14.1. The molecule has 0 amide bonds. The van der Waals surface area contributed by atoms with Crippen LogP contribution >= 0.6 is 0 Å². The van der Waals surface area contributed by atoms with Crippen molar-refractivity contribution >= 4 is 10.9 Å². The summed E-state index contributed by atoms with van der Waals surface area (Å²) >= 11 is 0. The maximum absolute atomic E-state index is 2.86. The van der Waals surface area contributed by atoms with Crippen molar-refractivity contribution in [2.24, 2.45) is 18.9 Å². The van der Waals surface area contributed by atoms with Crippen molar-refractivity contribution in [2.45, 2.75) is 51.5 Å². The minimum absolute atomic E-state index is 0.766. The standard InChI is InChI=1S/C21H28N2/c1-4-15-10-14-11-18-20(15)23(12-14)8-7-16-17-9-13(2)5-6-19(17)22(3)21(16)18/h5-6,9,14-15,18,20H,4,7-8,10-12H2,1-3H3/t14?,15?,18-,20?/m1/s1. The third-order valence-electron chi connectivity index (χ3n) is 7.07. The quantitative estimate of drug-likeness (QED) is 0.765. The second-order valence-corrected chi connectivity index (χ2v) is 8.29. The zero-order valence-corrected chi connectivity index (χ0v) is 14.7. The number of fused-ring (bicyclic) bond motifs is 4. The summed E-state index contributed by atoms with van der Waals surface area (Å²) in [6.45, 7) is 7.27. The summed E-state index contributed by atoms with van der Waals surface area (Å²) in [5.41, 5.74) is 6.19. The summed E-state index contributed by atoms with van der Waals surface area (Å²) in [6, 6.07) is 7.84. The minimum atomic E-state index is 0.766. The molecule has 3 aliphatic heterocycles. The average Bonchev–Trinajstić information content (AvgIpc) is 2.76. The molecule has 2 heteroatoms. The molecule has 1 aromatic carbocycles. The van der Waals surface area contributed by atoms with Crippen LogP contribution in [0.2, 0.25) is 0 Å². The van der Waals surface area contributed by atoms with Gasteiger partial charge in [0.05, 0.1) is 0 Å². The fourth-order valence-corrected chi connectivity index (χ4v) is 6.21. The van der Waals surface area contributed by atoms with Crippen molar-refractivity contribution in [2.75, 3.05) is 13.1 Å². The molecule has 122 valence electrons. The minimum Gasteiger partial charge on any atom is -0.347 e. The molecule has 6 rings (SSSR count). The SMILES string of the molecule is CCC1CC2C[C@H]3c4c(c5cc(C)ccc5n4C)CCN(C2)C13. The summed E-state index contributed by atoms with van der Waals surface area (Å²) in [4.78, 5) is 2.86. The molecule has 4 unspecified atom stereocenters.